The minimum Gasteiger partial charge on any atom is -0.391 e. The van der Waals surface area contributed by atoms with Crippen molar-refractivity contribution >= 4 is 21.6 Å². The van der Waals surface area contributed by atoms with E-state index in [9.17, 15) is 13.5 Å². The molecule has 0 amide bonds. The number of hydrogen-bond donors (Lipinski definition) is 2. The molecule has 19 heavy (non-hydrogen) atoms. The summed E-state index contributed by atoms with van der Waals surface area (Å²) in [6.07, 6.45) is -0.762. The second-order valence-electron chi connectivity index (χ2n) is 5.64. The molecule has 1 aromatic rings. The number of aliphatic hydroxyl groups is 1. The van der Waals surface area contributed by atoms with Gasteiger partial charge in [0.1, 0.15) is 0 Å². The summed E-state index contributed by atoms with van der Waals surface area (Å²) in [6, 6.07) is 4.69. The summed E-state index contributed by atoms with van der Waals surface area (Å²) < 4.78 is 26.7. The highest BCUT2D eigenvalue weighted by Gasteiger charge is 2.25. The molecule has 2 N–H and O–H groups in total. The Bertz CT molecular complexity index is 549. The molecular weight excluding hydrogens is 286 g/mol. The van der Waals surface area contributed by atoms with E-state index in [2.05, 4.69) is 4.72 Å². The summed E-state index contributed by atoms with van der Waals surface area (Å²) in [5, 5.41) is 10.2. The van der Waals surface area contributed by atoms with E-state index in [4.69, 9.17) is 11.6 Å². The van der Waals surface area contributed by atoms with E-state index < -0.39 is 16.1 Å². The summed E-state index contributed by atoms with van der Waals surface area (Å²) in [5.74, 6) is 0. The van der Waals surface area contributed by atoms with Crippen LogP contribution in [0.2, 0.25) is 5.02 Å². The monoisotopic (exact) mass is 305 g/mol. The molecule has 0 spiro atoms. The van der Waals surface area contributed by atoms with Gasteiger partial charge < -0.3 is 5.11 Å². The topological polar surface area (TPSA) is 66.4 Å². The highest BCUT2D eigenvalue weighted by molar-refractivity contribution is 7.89. The summed E-state index contributed by atoms with van der Waals surface area (Å²) in [4.78, 5) is 0.140. The zero-order valence-electron chi connectivity index (χ0n) is 11.6. The van der Waals surface area contributed by atoms with E-state index in [0.717, 1.165) is 0 Å². The van der Waals surface area contributed by atoms with Crippen molar-refractivity contribution in [3.05, 3.63) is 28.8 Å². The van der Waals surface area contributed by atoms with Crippen molar-refractivity contribution in [2.45, 2.75) is 38.7 Å². The van der Waals surface area contributed by atoms with Gasteiger partial charge in [0.25, 0.3) is 0 Å². The molecule has 0 aliphatic carbocycles. The molecule has 1 aromatic carbocycles. The van der Waals surface area contributed by atoms with Gasteiger partial charge in [0, 0.05) is 11.6 Å². The van der Waals surface area contributed by atoms with Crippen LogP contribution in [0.15, 0.2) is 23.1 Å². The fourth-order valence-corrected chi connectivity index (χ4v) is 2.98. The summed E-state index contributed by atoms with van der Waals surface area (Å²) in [5.41, 5.74) is 0.230. The molecule has 0 aromatic heterocycles. The number of sulfonamides is 1. The second-order valence-corrected chi connectivity index (χ2v) is 7.82. The fraction of sp³-hybridized carbons (Fsp3) is 0.538. The summed E-state index contributed by atoms with van der Waals surface area (Å²) in [6.45, 7) is 7.20. The van der Waals surface area contributed by atoms with Crippen LogP contribution in [0, 0.1) is 12.3 Å². The third-order valence-electron chi connectivity index (χ3n) is 2.91. The van der Waals surface area contributed by atoms with Gasteiger partial charge in [0.15, 0.2) is 0 Å². The van der Waals surface area contributed by atoms with Crippen molar-refractivity contribution in [3.8, 4) is 0 Å². The largest absolute Gasteiger partial charge is 0.391 e. The normalized spacial score (nSPS) is 14.4. The molecule has 108 valence electrons. The minimum atomic E-state index is -3.66. The summed E-state index contributed by atoms with van der Waals surface area (Å²) >= 11 is 5.82. The molecule has 0 bridgehead atoms. The van der Waals surface area contributed by atoms with Gasteiger partial charge >= 0.3 is 0 Å². The molecule has 0 fully saturated rings. The van der Waals surface area contributed by atoms with Crippen molar-refractivity contribution in [2.24, 2.45) is 5.41 Å². The van der Waals surface area contributed by atoms with Gasteiger partial charge in [0.2, 0.25) is 10.0 Å². The Morgan fingerprint density at radius 3 is 2.47 bits per heavy atom. The SMILES string of the molecule is Cc1ccc(Cl)cc1S(=O)(=O)NCC(O)C(C)(C)C. The van der Waals surface area contributed by atoms with Gasteiger partial charge in [-0.1, -0.05) is 38.4 Å². The first-order valence-electron chi connectivity index (χ1n) is 5.98. The van der Waals surface area contributed by atoms with Crippen LogP contribution in [-0.4, -0.2) is 26.2 Å². The molecule has 0 radical (unpaired) electrons. The predicted octanol–water partition coefficient (Wildman–Crippen LogP) is 2.33. The van der Waals surface area contributed by atoms with Crippen LogP contribution in [0.25, 0.3) is 0 Å². The van der Waals surface area contributed by atoms with Crippen molar-refractivity contribution in [1.29, 1.82) is 0 Å². The lowest BCUT2D eigenvalue weighted by Gasteiger charge is -2.26. The molecule has 1 unspecified atom stereocenters. The lowest BCUT2D eigenvalue weighted by molar-refractivity contribution is 0.0677. The minimum absolute atomic E-state index is 0.0300. The molecule has 0 saturated carbocycles. The number of aryl methyl sites for hydroxylation is 1. The molecule has 1 atom stereocenters. The maximum absolute atomic E-state index is 12.2. The third-order valence-corrected chi connectivity index (χ3v) is 4.71. The zero-order chi connectivity index (χ0) is 14.8. The third kappa shape index (κ3) is 4.45. The number of nitrogens with one attached hydrogen (secondary N) is 1. The Hall–Kier alpha value is -0.620. The highest BCUT2D eigenvalue weighted by Crippen LogP contribution is 2.21. The number of aliphatic hydroxyl groups excluding tert-OH is 1. The van der Waals surface area contributed by atoms with E-state index in [0.29, 0.717) is 10.6 Å². The quantitative estimate of drug-likeness (QED) is 0.897. The van der Waals surface area contributed by atoms with E-state index >= 15 is 0 Å². The zero-order valence-corrected chi connectivity index (χ0v) is 13.1. The molecule has 4 nitrogen and oxygen atoms in total. The highest BCUT2D eigenvalue weighted by atomic mass is 35.5. The average molecular weight is 306 g/mol. The lowest BCUT2D eigenvalue weighted by atomic mass is 9.89. The first kappa shape index (κ1) is 16.4. The summed E-state index contributed by atoms with van der Waals surface area (Å²) in [7, 11) is -3.66. The molecule has 6 heteroatoms. The predicted molar refractivity (Wildman–Crippen MR) is 76.8 cm³/mol. The first-order valence-corrected chi connectivity index (χ1v) is 7.84. The van der Waals surface area contributed by atoms with Crippen molar-refractivity contribution in [3.63, 3.8) is 0 Å². The van der Waals surface area contributed by atoms with Gasteiger partial charge in [-0.15, -0.1) is 0 Å². The van der Waals surface area contributed by atoms with Crippen LogP contribution in [0.4, 0.5) is 0 Å². The molecule has 0 heterocycles. The van der Waals surface area contributed by atoms with Crippen molar-refractivity contribution in [1.82, 2.24) is 4.72 Å². The second kappa shape index (κ2) is 5.79. The number of benzene rings is 1. The fourth-order valence-electron chi connectivity index (χ4n) is 1.44. The van der Waals surface area contributed by atoms with Gasteiger partial charge in [-0.3, -0.25) is 0 Å². The standard InChI is InChI=1S/C13H20ClNO3S/c1-9-5-6-10(14)7-11(9)19(17,18)15-8-12(16)13(2,3)4/h5-7,12,15-16H,8H2,1-4H3. The van der Waals surface area contributed by atoms with Crippen LogP contribution < -0.4 is 4.72 Å². The Balaban J connectivity index is 2.91. The molecule has 0 saturated heterocycles. The van der Waals surface area contributed by atoms with E-state index in [1.54, 1.807) is 19.1 Å². The maximum atomic E-state index is 12.2. The average Bonchev–Trinajstić information content (AvgIpc) is 2.28. The Morgan fingerprint density at radius 1 is 1.37 bits per heavy atom. The van der Waals surface area contributed by atoms with Crippen LogP contribution in [0.1, 0.15) is 26.3 Å². The molecule has 1 rings (SSSR count). The lowest BCUT2D eigenvalue weighted by Crippen LogP contribution is -2.39. The maximum Gasteiger partial charge on any atom is 0.240 e. The van der Waals surface area contributed by atoms with Crippen LogP contribution >= 0.6 is 11.6 Å². The van der Waals surface area contributed by atoms with Gasteiger partial charge in [-0.25, -0.2) is 13.1 Å². The van der Waals surface area contributed by atoms with E-state index in [1.165, 1.54) is 6.07 Å². The Labute approximate surface area is 119 Å². The van der Waals surface area contributed by atoms with Crippen LogP contribution in [0.5, 0.6) is 0 Å². The van der Waals surface area contributed by atoms with Gasteiger partial charge in [0.05, 0.1) is 11.0 Å². The number of halogens is 1. The Kier molecular flexibility index (Phi) is 5.01. The van der Waals surface area contributed by atoms with E-state index in [-0.39, 0.29) is 16.9 Å². The molecule has 0 aliphatic rings. The van der Waals surface area contributed by atoms with Crippen molar-refractivity contribution in [2.75, 3.05) is 6.54 Å². The van der Waals surface area contributed by atoms with Crippen molar-refractivity contribution < 1.29 is 13.5 Å². The number of hydrogen-bond acceptors (Lipinski definition) is 3. The van der Waals surface area contributed by atoms with Crippen LogP contribution in [-0.2, 0) is 10.0 Å². The molecule has 0 aliphatic heterocycles. The van der Waals surface area contributed by atoms with Crippen LogP contribution in [0.3, 0.4) is 0 Å². The number of rotatable bonds is 4. The van der Waals surface area contributed by atoms with Gasteiger partial charge in [-0.05, 0) is 30.0 Å². The Morgan fingerprint density at radius 2 is 1.95 bits per heavy atom. The van der Waals surface area contributed by atoms with E-state index in [1.807, 2.05) is 20.8 Å². The smallest absolute Gasteiger partial charge is 0.240 e. The van der Waals surface area contributed by atoms with Gasteiger partial charge in [-0.2, -0.15) is 0 Å². The first-order chi connectivity index (χ1) is 8.54. The molecular formula is C13H20ClNO3S.